The molecule has 0 bridgehead atoms. The molecule has 3 nitrogen and oxygen atoms in total. The van der Waals surface area contributed by atoms with Crippen LogP contribution >= 0.6 is 0 Å². The van der Waals surface area contributed by atoms with Gasteiger partial charge in [-0.1, -0.05) is 6.07 Å². The van der Waals surface area contributed by atoms with Crippen molar-refractivity contribution in [3.8, 4) is 0 Å². The Hall–Kier alpha value is -2.25. The number of rotatable bonds is 3. The van der Waals surface area contributed by atoms with E-state index in [0.717, 1.165) is 24.5 Å². The van der Waals surface area contributed by atoms with E-state index < -0.39 is 29.4 Å². The van der Waals surface area contributed by atoms with Gasteiger partial charge in [-0.15, -0.1) is 0 Å². The van der Waals surface area contributed by atoms with Crippen LogP contribution in [0.5, 0.6) is 0 Å². The number of nitrogens with one attached hydrogen (secondary N) is 1. The molecule has 112 valence electrons. The molecule has 0 radical (unpaired) electrons. The Bertz CT molecular complexity index is 625. The molecule has 1 atom stereocenters. The minimum atomic E-state index is -4.60. The summed E-state index contributed by atoms with van der Waals surface area (Å²) < 4.78 is 63.7. The monoisotopic (exact) mass is 303 g/mol. The summed E-state index contributed by atoms with van der Waals surface area (Å²) in [5, 5.41) is 2.67. The molecule has 0 fully saturated rings. The van der Waals surface area contributed by atoms with Gasteiger partial charge in [-0.05, 0) is 19.1 Å². The Labute approximate surface area is 116 Å². The van der Waals surface area contributed by atoms with Gasteiger partial charge in [0.2, 0.25) is 5.95 Å². The molecule has 0 aliphatic carbocycles. The molecule has 0 saturated carbocycles. The lowest BCUT2D eigenvalue weighted by Gasteiger charge is -2.16. The van der Waals surface area contributed by atoms with Crippen molar-refractivity contribution in [2.75, 3.05) is 5.32 Å². The van der Waals surface area contributed by atoms with E-state index in [9.17, 15) is 22.0 Å². The van der Waals surface area contributed by atoms with Crippen molar-refractivity contribution in [2.24, 2.45) is 0 Å². The highest BCUT2D eigenvalue weighted by molar-refractivity contribution is 5.34. The minimum Gasteiger partial charge on any atom is -0.348 e. The number of benzene rings is 1. The first-order valence-corrected chi connectivity index (χ1v) is 5.88. The second-order valence-corrected chi connectivity index (χ2v) is 4.32. The standard InChI is InChI=1S/C13H10F5N3/c1-7(21-12-19-5-9(14)6-20-12)10-3-2-8(4-11(10)15)13(16,17)18/h2-7H,1H3,(H,19,20,21)/t7-/m0/s1. The summed E-state index contributed by atoms with van der Waals surface area (Å²) in [6, 6.07) is 1.58. The zero-order chi connectivity index (χ0) is 15.6. The molecule has 1 aromatic heterocycles. The van der Waals surface area contributed by atoms with Crippen molar-refractivity contribution >= 4 is 5.95 Å². The molecule has 1 N–H and O–H groups in total. The van der Waals surface area contributed by atoms with Crippen molar-refractivity contribution < 1.29 is 22.0 Å². The second-order valence-electron chi connectivity index (χ2n) is 4.32. The highest BCUT2D eigenvalue weighted by Crippen LogP contribution is 2.31. The summed E-state index contributed by atoms with van der Waals surface area (Å²) >= 11 is 0. The Balaban J connectivity index is 2.19. The summed E-state index contributed by atoms with van der Waals surface area (Å²) in [4.78, 5) is 7.26. The molecule has 1 heterocycles. The molecule has 0 aliphatic heterocycles. The van der Waals surface area contributed by atoms with Gasteiger partial charge in [-0.3, -0.25) is 0 Å². The summed E-state index contributed by atoms with van der Waals surface area (Å²) in [6.07, 6.45) is -2.76. The Morgan fingerprint density at radius 2 is 1.71 bits per heavy atom. The number of anilines is 1. The Morgan fingerprint density at radius 1 is 1.10 bits per heavy atom. The first-order chi connectivity index (χ1) is 9.77. The van der Waals surface area contributed by atoms with Crippen LogP contribution in [0.1, 0.15) is 24.1 Å². The van der Waals surface area contributed by atoms with E-state index in [-0.39, 0.29) is 11.5 Å². The SMILES string of the molecule is C[C@H](Nc1ncc(F)cn1)c1ccc(C(F)(F)F)cc1F. The molecule has 1 aromatic carbocycles. The fraction of sp³-hybridized carbons (Fsp3) is 0.231. The minimum absolute atomic E-state index is 0.0240. The number of halogens is 5. The molecule has 0 unspecified atom stereocenters. The summed E-state index contributed by atoms with van der Waals surface area (Å²) in [7, 11) is 0. The topological polar surface area (TPSA) is 37.8 Å². The lowest BCUT2D eigenvalue weighted by molar-refractivity contribution is -0.137. The van der Waals surface area contributed by atoms with Gasteiger partial charge in [0.25, 0.3) is 0 Å². The summed E-state index contributed by atoms with van der Waals surface area (Å²) in [5.41, 5.74) is -1.04. The molecule has 21 heavy (non-hydrogen) atoms. The smallest absolute Gasteiger partial charge is 0.348 e. The third-order valence-electron chi connectivity index (χ3n) is 2.76. The fourth-order valence-corrected chi connectivity index (χ4v) is 1.71. The highest BCUT2D eigenvalue weighted by atomic mass is 19.4. The van der Waals surface area contributed by atoms with Gasteiger partial charge in [0, 0.05) is 5.56 Å². The average molecular weight is 303 g/mol. The maximum atomic E-state index is 13.8. The molecular weight excluding hydrogens is 293 g/mol. The third kappa shape index (κ3) is 3.65. The molecular formula is C13H10F5N3. The molecule has 8 heteroatoms. The van der Waals surface area contributed by atoms with Crippen molar-refractivity contribution in [3.05, 3.63) is 53.4 Å². The molecule has 0 amide bonds. The molecule has 0 saturated heterocycles. The summed E-state index contributed by atoms with van der Waals surface area (Å²) in [5.74, 6) is -1.58. The number of hydrogen-bond acceptors (Lipinski definition) is 3. The van der Waals surface area contributed by atoms with Gasteiger partial charge >= 0.3 is 6.18 Å². The maximum absolute atomic E-state index is 13.8. The van der Waals surface area contributed by atoms with Crippen molar-refractivity contribution in [3.63, 3.8) is 0 Å². The lowest BCUT2D eigenvalue weighted by Crippen LogP contribution is -2.13. The fourth-order valence-electron chi connectivity index (χ4n) is 1.71. The van der Waals surface area contributed by atoms with E-state index in [1.165, 1.54) is 6.92 Å². The number of nitrogens with zero attached hydrogens (tertiary/aromatic N) is 2. The van der Waals surface area contributed by atoms with Crippen molar-refractivity contribution in [2.45, 2.75) is 19.1 Å². The van der Waals surface area contributed by atoms with Crippen molar-refractivity contribution in [1.82, 2.24) is 9.97 Å². The zero-order valence-corrected chi connectivity index (χ0v) is 10.7. The van der Waals surface area contributed by atoms with Crippen molar-refractivity contribution in [1.29, 1.82) is 0 Å². The van der Waals surface area contributed by atoms with Crippen LogP contribution in [-0.4, -0.2) is 9.97 Å². The number of aromatic nitrogens is 2. The Kier molecular flexibility index (Phi) is 4.06. The predicted octanol–water partition coefficient (Wildman–Crippen LogP) is 3.95. The normalized spacial score (nSPS) is 13.0. The number of alkyl halides is 3. The zero-order valence-electron chi connectivity index (χ0n) is 10.7. The van der Waals surface area contributed by atoms with Gasteiger partial charge < -0.3 is 5.32 Å². The highest BCUT2D eigenvalue weighted by Gasteiger charge is 2.31. The van der Waals surface area contributed by atoms with E-state index >= 15 is 0 Å². The Morgan fingerprint density at radius 3 is 2.24 bits per heavy atom. The van der Waals surface area contributed by atoms with Crippen LogP contribution < -0.4 is 5.32 Å². The molecule has 0 aliphatic rings. The van der Waals surface area contributed by atoms with Crippen LogP contribution in [0.15, 0.2) is 30.6 Å². The third-order valence-corrected chi connectivity index (χ3v) is 2.76. The largest absolute Gasteiger partial charge is 0.416 e. The molecule has 0 spiro atoms. The summed E-state index contributed by atoms with van der Waals surface area (Å²) in [6.45, 7) is 1.53. The number of hydrogen-bond donors (Lipinski definition) is 1. The van der Waals surface area contributed by atoms with Crippen LogP contribution in [0.2, 0.25) is 0 Å². The van der Waals surface area contributed by atoms with E-state index in [1.807, 2.05) is 0 Å². The van der Waals surface area contributed by atoms with E-state index in [2.05, 4.69) is 15.3 Å². The van der Waals surface area contributed by atoms with Crippen LogP contribution in [0.4, 0.5) is 27.9 Å². The molecule has 2 aromatic rings. The maximum Gasteiger partial charge on any atom is 0.416 e. The quantitative estimate of drug-likeness (QED) is 0.873. The van der Waals surface area contributed by atoms with Crippen LogP contribution in [0, 0.1) is 11.6 Å². The predicted molar refractivity (Wildman–Crippen MR) is 65.4 cm³/mol. The van der Waals surface area contributed by atoms with E-state index in [4.69, 9.17) is 0 Å². The average Bonchev–Trinajstić information content (AvgIpc) is 2.40. The van der Waals surface area contributed by atoms with Gasteiger partial charge in [-0.25, -0.2) is 18.7 Å². The van der Waals surface area contributed by atoms with Gasteiger partial charge in [0.05, 0.1) is 24.0 Å². The van der Waals surface area contributed by atoms with Crippen LogP contribution in [0.3, 0.4) is 0 Å². The van der Waals surface area contributed by atoms with Crippen LogP contribution in [0.25, 0.3) is 0 Å². The first kappa shape index (κ1) is 15.1. The van der Waals surface area contributed by atoms with Gasteiger partial charge in [0.15, 0.2) is 5.82 Å². The van der Waals surface area contributed by atoms with Gasteiger partial charge in [0.1, 0.15) is 5.82 Å². The van der Waals surface area contributed by atoms with E-state index in [0.29, 0.717) is 6.07 Å². The molecule has 2 rings (SSSR count). The van der Waals surface area contributed by atoms with Gasteiger partial charge in [-0.2, -0.15) is 13.2 Å². The van der Waals surface area contributed by atoms with E-state index in [1.54, 1.807) is 0 Å². The second kappa shape index (κ2) is 5.63. The van der Waals surface area contributed by atoms with Crippen LogP contribution in [-0.2, 0) is 6.18 Å². The first-order valence-electron chi connectivity index (χ1n) is 5.88. The lowest BCUT2D eigenvalue weighted by atomic mass is 10.1.